The Bertz CT molecular complexity index is 375. The Morgan fingerprint density at radius 2 is 2.22 bits per heavy atom. The van der Waals surface area contributed by atoms with Gasteiger partial charge < -0.3 is 14.6 Å². The average molecular weight is 265 g/mol. The Morgan fingerprint density at radius 1 is 1.39 bits per heavy atom. The van der Waals surface area contributed by atoms with Crippen molar-refractivity contribution in [3.63, 3.8) is 0 Å². The van der Waals surface area contributed by atoms with Gasteiger partial charge in [0.05, 0.1) is 6.04 Å². The van der Waals surface area contributed by atoms with Crippen molar-refractivity contribution in [2.45, 2.75) is 38.1 Å². The van der Waals surface area contributed by atoms with Crippen molar-refractivity contribution in [2.75, 3.05) is 13.2 Å². The van der Waals surface area contributed by atoms with Crippen LogP contribution in [0.2, 0.25) is 0 Å². The predicted molar refractivity (Wildman–Crippen MR) is 54.6 cm³/mol. The normalized spacial score (nSPS) is 21.2. The van der Waals surface area contributed by atoms with Crippen molar-refractivity contribution >= 4 is 0 Å². The molecular formula is C10H14F3N3O2. The molecule has 0 aliphatic carbocycles. The van der Waals surface area contributed by atoms with Gasteiger partial charge >= 0.3 is 6.18 Å². The minimum absolute atomic E-state index is 0.00242. The smallest absolute Gasteiger partial charge is 0.364 e. The Morgan fingerprint density at radius 3 is 2.89 bits per heavy atom. The lowest BCUT2D eigenvalue weighted by Gasteiger charge is -2.19. The number of hydrogen-bond donors (Lipinski definition) is 1. The van der Waals surface area contributed by atoms with Crippen LogP contribution in [-0.4, -0.2) is 29.5 Å². The van der Waals surface area contributed by atoms with Gasteiger partial charge in [-0.3, -0.25) is 0 Å². The first kappa shape index (κ1) is 13.3. The lowest BCUT2D eigenvalue weighted by atomic mass is 10.1. The molecule has 5 nitrogen and oxygen atoms in total. The molecule has 0 bridgehead atoms. The van der Waals surface area contributed by atoms with Gasteiger partial charge in [0.1, 0.15) is 13.2 Å². The van der Waals surface area contributed by atoms with Gasteiger partial charge in [-0.25, -0.2) is 0 Å². The molecular weight excluding hydrogens is 251 g/mol. The summed E-state index contributed by atoms with van der Waals surface area (Å²) in [5.41, 5.74) is 0. The molecule has 0 radical (unpaired) electrons. The number of hydrogen-bond acceptors (Lipinski definition) is 5. The molecule has 1 saturated heterocycles. The number of aromatic nitrogens is 2. The molecule has 102 valence electrons. The third-order valence-corrected chi connectivity index (χ3v) is 2.59. The second-order valence-electron chi connectivity index (χ2n) is 4.16. The molecule has 1 fully saturated rings. The van der Waals surface area contributed by atoms with E-state index in [0.29, 0.717) is 5.89 Å². The zero-order chi connectivity index (χ0) is 13.0. The van der Waals surface area contributed by atoms with Gasteiger partial charge in [0.25, 0.3) is 0 Å². The first-order chi connectivity index (χ1) is 8.54. The molecule has 2 rings (SSSR count). The minimum atomic E-state index is -4.34. The molecule has 0 aromatic carbocycles. The van der Waals surface area contributed by atoms with Crippen LogP contribution in [0.15, 0.2) is 4.52 Å². The van der Waals surface area contributed by atoms with Crippen molar-refractivity contribution in [1.29, 1.82) is 0 Å². The van der Waals surface area contributed by atoms with E-state index in [9.17, 15) is 13.2 Å². The fourth-order valence-electron chi connectivity index (χ4n) is 1.79. The second kappa shape index (κ2) is 5.66. The number of nitrogens with one attached hydrogen (secondary N) is 1. The molecule has 0 saturated carbocycles. The molecule has 1 aliphatic heterocycles. The maximum absolute atomic E-state index is 11.9. The van der Waals surface area contributed by atoms with Crippen LogP contribution in [0.3, 0.4) is 0 Å². The van der Waals surface area contributed by atoms with E-state index in [1.54, 1.807) is 0 Å². The van der Waals surface area contributed by atoms with Gasteiger partial charge in [0.2, 0.25) is 5.89 Å². The molecule has 0 amide bonds. The summed E-state index contributed by atoms with van der Waals surface area (Å²) >= 11 is 0. The van der Waals surface area contributed by atoms with E-state index in [2.05, 4.69) is 20.2 Å². The number of ether oxygens (including phenoxy) is 1. The summed E-state index contributed by atoms with van der Waals surface area (Å²) in [6.07, 6.45) is -1.27. The molecule has 1 aliphatic rings. The highest BCUT2D eigenvalue weighted by Gasteiger charge is 2.28. The van der Waals surface area contributed by atoms with E-state index in [4.69, 9.17) is 4.52 Å². The van der Waals surface area contributed by atoms with Gasteiger partial charge in [-0.1, -0.05) is 11.6 Å². The zero-order valence-electron chi connectivity index (χ0n) is 9.66. The number of nitrogens with zero attached hydrogens (tertiary/aromatic N) is 2. The van der Waals surface area contributed by atoms with Crippen LogP contribution in [0.25, 0.3) is 0 Å². The predicted octanol–water partition coefficient (Wildman–Crippen LogP) is 1.96. The largest absolute Gasteiger partial charge is 0.411 e. The highest BCUT2D eigenvalue weighted by Crippen LogP contribution is 2.21. The molecule has 8 heteroatoms. The van der Waals surface area contributed by atoms with Crippen LogP contribution < -0.4 is 5.32 Å². The molecule has 1 aromatic heterocycles. The van der Waals surface area contributed by atoms with Crippen molar-refractivity contribution in [3.8, 4) is 0 Å². The van der Waals surface area contributed by atoms with Crippen LogP contribution >= 0.6 is 0 Å². The van der Waals surface area contributed by atoms with Gasteiger partial charge in [-0.2, -0.15) is 18.2 Å². The molecule has 2 heterocycles. The van der Waals surface area contributed by atoms with E-state index in [-0.39, 0.29) is 18.5 Å². The number of halogens is 3. The Kier molecular flexibility index (Phi) is 4.18. The van der Waals surface area contributed by atoms with E-state index < -0.39 is 12.8 Å². The van der Waals surface area contributed by atoms with E-state index in [0.717, 1.165) is 25.8 Å². The molecule has 1 unspecified atom stereocenters. The van der Waals surface area contributed by atoms with E-state index in [1.165, 1.54) is 0 Å². The van der Waals surface area contributed by atoms with Gasteiger partial charge in [0.15, 0.2) is 5.82 Å². The number of piperidine rings is 1. The average Bonchev–Trinajstić information content (AvgIpc) is 2.77. The van der Waals surface area contributed by atoms with Crippen molar-refractivity contribution in [2.24, 2.45) is 0 Å². The lowest BCUT2D eigenvalue weighted by molar-refractivity contribution is -0.177. The summed E-state index contributed by atoms with van der Waals surface area (Å²) in [4.78, 5) is 4.02. The fraction of sp³-hybridized carbons (Fsp3) is 0.800. The number of rotatable bonds is 4. The summed E-state index contributed by atoms with van der Waals surface area (Å²) in [6.45, 7) is -0.721. The van der Waals surface area contributed by atoms with Crippen molar-refractivity contribution in [3.05, 3.63) is 11.7 Å². The molecule has 1 aromatic rings. The number of alkyl halides is 3. The van der Waals surface area contributed by atoms with Crippen LogP contribution in [0.4, 0.5) is 13.2 Å². The standard InChI is InChI=1S/C10H14F3N3O2/c11-10(12,13)6-17-5-8-15-9(18-16-8)7-3-1-2-4-14-7/h7,14H,1-6H2. The minimum Gasteiger partial charge on any atom is -0.364 e. The van der Waals surface area contributed by atoms with Crippen LogP contribution in [0.5, 0.6) is 0 Å². The fourth-order valence-corrected chi connectivity index (χ4v) is 1.79. The first-order valence-electron chi connectivity index (χ1n) is 5.75. The van der Waals surface area contributed by atoms with Crippen LogP contribution in [0, 0.1) is 0 Å². The molecule has 0 spiro atoms. The summed E-state index contributed by atoms with van der Waals surface area (Å²) in [5, 5.41) is 6.80. The SMILES string of the molecule is FC(F)(F)COCc1noc(C2CCCCN2)n1. The highest BCUT2D eigenvalue weighted by molar-refractivity contribution is 4.93. The second-order valence-corrected chi connectivity index (χ2v) is 4.16. The quantitative estimate of drug-likeness (QED) is 0.901. The third-order valence-electron chi connectivity index (χ3n) is 2.59. The highest BCUT2D eigenvalue weighted by atomic mass is 19.4. The monoisotopic (exact) mass is 265 g/mol. The maximum Gasteiger partial charge on any atom is 0.411 e. The summed E-state index contributed by atoms with van der Waals surface area (Å²) in [6, 6.07) is 0.00242. The zero-order valence-corrected chi connectivity index (χ0v) is 9.66. The lowest BCUT2D eigenvalue weighted by Crippen LogP contribution is -2.27. The van der Waals surface area contributed by atoms with Crippen LogP contribution in [0.1, 0.15) is 37.0 Å². The van der Waals surface area contributed by atoms with Crippen molar-refractivity contribution < 1.29 is 22.4 Å². The summed E-state index contributed by atoms with van der Waals surface area (Å²) < 4.78 is 45.0. The first-order valence-corrected chi connectivity index (χ1v) is 5.75. The van der Waals surface area contributed by atoms with Gasteiger partial charge in [-0.05, 0) is 19.4 Å². The molecule has 1 atom stereocenters. The maximum atomic E-state index is 11.9. The van der Waals surface area contributed by atoms with Crippen molar-refractivity contribution in [1.82, 2.24) is 15.5 Å². The molecule has 18 heavy (non-hydrogen) atoms. The topological polar surface area (TPSA) is 60.2 Å². The Hall–Kier alpha value is -1.15. The van der Waals surface area contributed by atoms with E-state index in [1.807, 2.05) is 0 Å². The van der Waals surface area contributed by atoms with Gasteiger partial charge in [-0.15, -0.1) is 0 Å². The van der Waals surface area contributed by atoms with Crippen LogP contribution in [-0.2, 0) is 11.3 Å². The molecule has 1 N–H and O–H groups in total. The summed E-state index contributed by atoms with van der Waals surface area (Å²) in [5.74, 6) is 0.557. The third kappa shape index (κ3) is 3.95. The van der Waals surface area contributed by atoms with E-state index >= 15 is 0 Å². The Balaban J connectivity index is 1.82. The van der Waals surface area contributed by atoms with Gasteiger partial charge in [0, 0.05) is 0 Å². The Labute approximate surface area is 102 Å². The summed E-state index contributed by atoms with van der Waals surface area (Å²) in [7, 11) is 0.